The maximum Gasteiger partial charge on any atom is 0.305 e. The van der Waals surface area contributed by atoms with Crippen molar-refractivity contribution in [2.75, 3.05) is 4.90 Å². The summed E-state index contributed by atoms with van der Waals surface area (Å²) in [6, 6.07) is 3.95. The fourth-order valence-electron chi connectivity index (χ4n) is 2.75. The predicted molar refractivity (Wildman–Crippen MR) is 92.5 cm³/mol. The molecule has 3 heterocycles. The second kappa shape index (κ2) is 6.60. The number of aliphatic carboxylic acids is 1. The number of β-lactam (4-membered cyclic amide) rings is 1. The molecule has 0 aliphatic carbocycles. The van der Waals surface area contributed by atoms with Crippen molar-refractivity contribution in [1.29, 1.82) is 0 Å². The van der Waals surface area contributed by atoms with E-state index in [0.717, 1.165) is 22.2 Å². The van der Waals surface area contributed by atoms with E-state index < -0.39 is 11.5 Å². The first kappa shape index (κ1) is 17.0. The largest absolute Gasteiger partial charge is 0.481 e. The molecule has 1 saturated heterocycles. The number of thiazole rings is 1. The van der Waals surface area contributed by atoms with Gasteiger partial charge < -0.3 is 9.52 Å². The molecule has 1 atom stereocenters. The molecule has 0 spiro atoms. The highest BCUT2D eigenvalue weighted by Crippen LogP contribution is 2.42. The van der Waals surface area contributed by atoms with E-state index in [2.05, 4.69) is 4.98 Å². The number of thioether (sulfide) groups is 1. The van der Waals surface area contributed by atoms with Crippen molar-refractivity contribution in [2.45, 2.75) is 48.6 Å². The summed E-state index contributed by atoms with van der Waals surface area (Å²) in [5.41, 5.74) is -0.681. The summed E-state index contributed by atoms with van der Waals surface area (Å²) < 4.78 is 6.64. The minimum absolute atomic E-state index is 0.0764. The number of carbonyl (C=O) groups is 2. The molecule has 8 heteroatoms. The van der Waals surface area contributed by atoms with E-state index in [1.807, 2.05) is 19.1 Å². The Morgan fingerprint density at radius 3 is 2.88 bits per heavy atom. The van der Waals surface area contributed by atoms with Crippen LogP contribution in [0.3, 0.4) is 0 Å². The van der Waals surface area contributed by atoms with Crippen LogP contribution in [0.15, 0.2) is 27.0 Å². The van der Waals surface area contributed by atoms with E-state index in [0.29, 0.717) is 10.9 Å². The van der Waals surface area contributed by atoms with Crippen molar-refractivity contribution >= 4 is 40.1 Å². The second-order valence-electron chi connectivity index (χ2n) is 5.95. The quantitative estimate of drug-likeness (QED) is 0.596. The number of rotatable bonds is 7. The standard InChI is InChI=1S/C16H18N2O4S2/c1-3-10-4-5-11(22-10)9-23-14-8-17-15(24-14)18-12(19)6-16(18,2)7-13(20)21/h4-5,8H,3,6-7,9H2,1-2H3,(H,20,21). The number of hydrogen-bond donors (Lipinski definition) is 1. The van der Waals surface area contributed by atoms with Crippen LogP contribution in [-0.2, 0) is 21.8 Å². The molecule has 6 nitrogen and oxygen atoms in total. The van der Waals surface area contributed by atoms with Gasteiger partial charge in [0.1, 0.15) is 11.5 Å². The number of hydrogen-bond acceptors (Lipinski definition) is 6. The molecule has 1 fully saturated rings. The zero-order valence-corrected chi connectivity index (χ0v) is 15.1. The number of aromatic nitrogens is 1. The fourth-order valence-corrected chi connectivity index (χ4v) is 4.76. The van der Waals surface area contributed by atoms with Crippen molar-refractivity contribution < 1.29 is 19.1 Å². The summed E-state index contributed by atoms with van der Waals surface area (Å²) in [5, 5.41) is 9.59. The molecule has 24 heavy (non-hydrogen) atoms. The van der Waals surface area contributed by atoms with Crippen LogP contribution >= 0.6 is 23.1 Å². The molecule has 1 aliphatic rings. The SMILES string of the molecule is CCc1ccc(CSc2cnc(N3C(=O)CC3(C)CC(=O)O)s2)o1. The fraction of sp³-hybridized carbons (Fsp3) is 0.438. The molecule has 0 bridgehead atoms. The molecule has 0 aromatic carbocycles. The number of carboxylic acids is 1. The first-order valence-corrected chi connectivity index (χ1v) is 9.42. The van der Waals surface area contributed by atoms with Gasteiger partial charge in [-0.15, -0.1) is 11.8 Å². The van der Waals surface area contributed by atoms with Gasteiger partial charge in [0.25, 0.3) is 0 Å². The van der Waals surface area contributed by atoms with Gasteiger partial charge in [-0.1, -0.05) is 18.3 Å². The third-order valence-corrected chi connectivity index (χ3v) is 6.14. The first-order valence-electron chi connectivity index (χ1n) is 7.62. The Bertz CT molecular complexity index is 770. The Morgan fingerprint density at radius 2 is 2.25 bits per heavy atom. The minimum Gasteiger partial charge on any atom is -0.481 e. The zero-order chi connectivity index (χ0) is 17.3. The van der Waals surface area contributed by atoms with E-state index in [1.54, 1.807) is 24.9 Å². The third-order valence-electron chi connectivity index (χ3n) is 3.94. The summed E-state index contributed by atoms with van der Waals surface area (Å²) in [7, 11) is 0. The molecule has 0 radical (unpaired) electrons. The van der Waals surface area contributed by atoms with Crippen LogP contribution in [0.1, 0.15) is 38.2 Å². The van der Waals surface area contributed by atoms with Crippen molar-refractivity contribution in [3.63, 3.8) is 0 Å². The Labute approximate surface area is 147 Å². The average Bonchev–Trinajstić information content (AvgIpc) is 3.12. The van der Waals surface area contributed by atoms with Gasteiger partial charge in [0.2, 0.25) is 5.91 Å². The molecule has 0 saturated carbocycles. The second-order valence-corrected chi connectivity index (χ2v) is 8.23. The predicted octanol–water partition coefficient (Wildman–Crippen LogP) is 3.56. The Balaban J connectivity index is 1.66. The highest BCUT2D eigenvalue weighted by molar-refractivity contribution is 8.00. The van der Waals surface area contributed by atoms with Crippen LogP contribution in [-0.4, -0.2) is 27.5 Å². The topological polar surface area (TPSA) is 83.6 Å². The number of nitrogens with zero attached hydrogens (tertiary/aromatic N) is 2. The van der Waals surface area contributed by atoms with Gasteiger partial charge in [-0.05, 0) is 19.1 Å². The molecular weight excluding hydrogens is 348 g/mol. The summed E-state index contributed by atoms with van der Waals surface area (Å²) in [6.45, 7) is 3.83. The number of carbonyl (C=O) groups excluding carboxylic acids is 1. The van der Waals surface area contributed by atoms with E-state index >= 15 is 0 Å². The summed E-state index contributed by atoms with van der Waals surface area (Å²) in [6.07, 6.45) is 2.76. The van der Waals surface area contributed by atoms with Crippen LogP contribution in [0.2, 0.25) is 0 Å². The number of amides is 1. The van der Waals surface area contributed by atoms with Crippen LogP contribution in [0.5, 0.6) is 0 Å². The average molecular weight is 366 g/mol. The molecule has 3 rings (SSSR count). The molecule has 1 aliphatic heterocycles. The molecule has 128 valence electrons. The maximum atomic E-state index is 11.9. The monoisotopic (exact) mass is 366 g/mol. The van der Waals surface area contributed by atoms with Crippen molar-refractivity contribution in [1.82, 2.24) is 4.98 Å². The van der Waals surface area contributed by atoms with Gasteiger partial charge >= 0.3 is 5.97 Å². The molecular formula is C16H18N2O4S2. The van der Waals surface area contributed by atoms with Crippen molar-refractivity contribution in [2.24, 2.45) is 0 Å². The van der Waals surface area contributed by atoms with Gasteiger partial charge in [0.15, 0.2) is 5.13 Å². The van der Waals surface area contributed by atoms with Crippen LogP contribution in [0.25, 0.3) is 0 Å². The normalized spacial score (nSPS) is 20.2. The van der Waals surface area contributed by atoms with Gasteiger partial charge in [-0.25, -0.2) is 4.98 Å². The number of carboxylic acid groups (broad SMARTS) is 1. The van der Waals surface area contributed by atoms with Gasteiger partial charge in [0, 0.05) is 6.42 Å². The van der Waals surface area contributed by atoms with E-state index in [-0.39, 0.29) is 18.7 Å². The Hall–Kier alpha value is -1.80. The lowest BCUT2D eigenvalue weighted by Crippen LogP contribution is -2.63. The van der Waals surface area contributed by atoms with E-state index in [1.165, 1.54) is 16.2 Å². The molecule has 1 N–H and O–H groups in total. The Morgan fingerprint density at radius 1 is 1.50 bits per heavy atom. The highest BCUT2D eigenvalue weighted by Gasteiger charge is 2.50. The summed E-state index contributed by atoms with van der Waals surface area (Å²) >= 11 is 3.00. The molecule has 2 aromatic rings. The van der Waals surface area contributed by atoms with Gasteiger partial charge in [0.05, 0.1) is 34.5 Å². The minimum atomic E-state index is -0.911. The number of aryl methyl sites for hydroxylation is 1. The maximum absolute atomic E-state index is 11.9. The summed E-state index contributed by atoms with van der Waals surface area (Å²) in [5.74, 6) is 1.57. The van der Waals surface area contributed by atoms with Gasteiger partial charge in [-0.2, -0.15) is 0 Å². The zero-order valence-electron chi connectivity index (χ0n) is 13.4. The number of anilines is 1. The van der Waals surface area contributed by atoms with Crippen LogP contribution in [0, 0.1) is 0 Å². The lowest BCUT2D eigenvalue weighted by atomic mass is 9.83. The summed E-state index contributed by atoms with van der Waals surface area (Å²) in [4.78, 5) is 28.8. The molecule has 1 unspecified atom stereocenters. The van der Waals surface area contributed by atoms with E-state index in [9.17, 15) is 9.59 Å². The van der Waals surface area contributed by atoms with Gasteiger partial charge in [-0.3, -0.25) is 14.5 Å². The van der Waals surface area contributed by atoms with Crippen molar-refractivity contribution in [3.05, 3.63) is 29.9 Å². The smallest absolute Gasteiger partial charge is 0.305 e. The molecule has 2 aromatic heterocycles. The van der Waals surface area contributed by atoms with E-state index in [4.69, 9.17) is 9.52 Å². The lowest BCUT2D eigenvalue weighted by molar-refractivity contribution is -0.140. The highest BCUT2D eigenvalue weighted by atomic mass is 32.2. The molecule has 1 amide bonds. The van der Waals surface area contributed by atoms with Crippen LogP contribution < -0.4 is 4.90 Å². The third kappa shape index (κ3) is 3.34. The van der Waals surface area contributed by atoms with Crippen LogP contribution in [0.4, 0.5) is 5.13 Å². The van der Waals surface area contributed by atoms with Crippen molar-refractivity contribution in [3.8, 4) is 0 Å². The lowest BCUT2D eigenvalue weighted by Gasteiger charge is -2.47. The number of furan rings is 1. The Kier molecular flexibility index (Phi) is 4.69. The first-order chi connectivity index (χ1) is 11.4.